The van der Waals surface area contributed by atoms with E-state index in [0.29, 0.717) is 16.9 Å². The van der Waals surface area contributed by atoms with Crippen molar-refractivity contribution < 1.29 is 9.50 Å². The van der Waals surface area contributed by atoms with Gasteiger partial charge in [0.05, 0.1) is 5.60 Å². The van der Waals surface area contributed by atoms with E-state index >= 15 is 0 Å². The van der Waals surface area contributed by atoms with Crippen LogP contribution in [-0.4, -0.2) is 5.11 Å². The average molecular weight is 278 g/mol. The highest BCUT2D eigenvalue weighted by atomic mass is 19.1. The van der Waals surface area contributed by atoms with Gasteiger partial charge in [-0.25, -0.2) is 4.39 Å². The van der Waals surface area contributed by atoms with Gasteiger partial charge < -0.3 is 5.11 Å². The lowest BCUT2D eigenvalue weighted by atomic mass is 9.65. The van der Waals surface area contributed by atoms with Crippen LogP contribution in [0, 0.1) is 24.1 Å². The summed E-state index contributed by atoms with van der Waals surface area (Å²) in [6.07, 6.45) is 4.84. The minimum atomic E-state index is -0.765. The largest absolute Gasteiger partial charge is 0.385 e. The molecule has 0 aromatic heterocycles. The Balaban J connectivity index is 2.13. The maximum Gasteiger partial charge on any atom is 0.126 e. The highest BCUT2D eigenvalue weighted by molar-refractivity contribution is 5.29. The van der Waals surface area contributed by atoms with E-state index in [1.165, 1.54) is 12.5 Å². The Hall–Kier alpha value is -0.890. The summed E-state index contributed by atoms with van der Waals surface area (Å²) in [5, 5.41) is 10.9. The number of halogens is 1. The van der Waals surface area contributed by atoms with Crippen LogP contribution < -0.4 is 0 Å². The molecule has 1 aliphatic carbocycles. The van der Waals surface area contributed by atoms with Crippen LogP contribution in [0.25, 0.3) is 0 Å². The zero-order chi connectivity index (χ0) is 15.0. The van der Waals surface area contributed by atoms with Gasteiger partial charge in [0, 0.05) is 0 Å². The zero-order valence-electron chi connectivity index (χ0n) is 13.2. The predicted octanol–water partition coefficient (Wildman–Crippen LogP) is 4.95. The molecule has 0 saturated heterocycles. The molecule has 20 heavy (non-hydrogen) atoms. The third kappa shape index (κ3) is 2.90. The summed E-state index contributed by atoms with van der Waals surface area (Å²) in [5.74, 6) is 0.479. The fourth-order valence-electron chi connectivity index (χ4n) is 3.39. The minimum Gasteiger partial charge on any atom is -0.385 e. The molecule has 1 nitrogen and oxygen atoms in total. The first-order chi connectivity index (χ1) is 9.28. The van der Waals surface area contributed by atoms with Crippen molar-refractivity contribution in [1.29, 1.82) is 0 Å². The highest BCUT2D eigenvalue weighted by Gasteiger charge is 2.39. The molecule has 0 aliphatic heterocycles. The van der Waals surface area contributed by atoms with Crippen LogP contribution >= 0.6 is 0 Å². The molecule has 0 unspecified atom stereocenters. The van der Waals surface area contributed by atoms with Gasteiger partial charge in [-0.1, -0.05) is 39.3 Å². The fourth-order valence-corrected chi connectivity index (χ4v) is 3.39. The van der Waals surface area contributed by atoms with Crippen molar-refractivity contribution >= 4 is 0 Å². The molecule has 2 rings (SSSR count). The Kier molecular flexibility index (Phi) is 4.24. The normalized spacial score (nSPS) is 27.6. The molecule has 0 radical (unpaired) electrons. The molecule has 0 heterocycles. The molecule has 1 aromatic rings. The summed E-state index contributed by atoms with van der Waals surface area (Å²) in [6, 6.07) is 5.03. The lowest BCUT2D eigenvalue weighted by Crippen LogP contribution is -2.36. The van der Waals surface area contributed by atoms with Crippen molar-refractivity contribution in [2.24, 2.45) is 11.3 Å². The Bertz CT molecular complexity index is 470. The standard InChI is InChI=1S/C18H27FO/c1-5-17(3,4)14-8-10-18(20,11-9-14)15-6-7-16(19)13(2)12-15/h6-7,12,14,20H,5,8-11H2,1-4H3. The topological polar surface area (TPSA) is 20.2 Å². The summed E-state index contributed by atoms with van der Waals surface area (Å²) >= 11 is 0. The number of hydrogen-bond acceptors (Lipinski definition) is 1. The first kappa shape index (κ1) is 15.5. The molecule has 0 amide bonds. The van der Waals surface area contributed by atoms with Crippen LogP contribution in [0.2, 0.25) is 0 Å². The van der Waals surface area contributed by atoms with Gasteiger partial charge in [0.1, 0.15) is 5.82 Å². The van der Waals surface area contributed by atoms with Gasteiger partial charge in [-0.2, -0.15) is 0 Å². The molecule has 2 heteroatoms. The second-order valence-corrected chi connectivity index (χ2v) is 7.11. The molecular formula is C18H27FO. The van der Waals surface area contributed by atoms with Crippen LogP contribution in [0.4, 0.5) is 4.39 Å². The van der Waals surface area contributed by atoms with Crippen LogP contribution in [-0.2, 0) is 5.60 Å². The maximum absolute atomic E-state index is 13.4. The number of rotatable bonds is 3. The van der Waals surface area contributed by atoms with Crippen molar-refractivity contribution in [3.05, 3.63) is 35.1 Å². The quantitative estimate of drug-likeness (QED) is 0.829. The summed E-state index contributed by atoms with van der Waals surface area (Å²) in [5.41, 5.74) is 1.08. The molecule has 1 saturated carbocycles. The Labute approximate surface area is 122 Å². The second-order valence-electron chi connectivity index (χ2n) is 7.11. The van der Waals surface area contributed by atoms with Gasteiger partial charge in [-0.05, 0) is 61.1 Å². The first-order valence-corrected chi connectivity index (χ1v) is 7.77. The summed E-state index contributed by atoms with van der Waals surface area (Å²) in [7, 11) is 0. The number of benzene rings is 1. The van der Waals surface area contributed by atoms with E-state index < -0.39 is 5.60 Å². The average Bonchev–Trinajstić information content (AvgIpc) is 2.42. The van der Waals surface area contributed by atoms with Gasteiger partial charge in [-0.15, -0.1) is 0 Å². The van der Waals surface area contributed by atoms with Gasteiger partial charge >= 0.3 is 0 Å². The van der Waals surface area contributed by atoms with E-state index in [2.05, 4.69) is 20.8 Å². The minimum absolute atomic E-state index is 0.196. The maximum atomic E-state index is 13.4. The van der Waals surface area contributed by atoms with Crippen molar-refractivity contribution in [2.75, 3.05) is 0 Å². The third-order valence-electron chi connectivity index (χ3n) is 5.52. The molecule has 0 atom stereocenters. The molecule has 1 N–H and O–H groups in total. The summed E-state index contributed by atoms with van der Waals surface area (Å²) in [6.45, 7) is 8.65. The van der Waals surface area contributed by atoms with Gasteiger partial charge in [0.15, 0.2) is 0 Å². The molecule has 112 valence electrons. The van der Waals surface area contributed by atoms with E-state index in [1.807, 2.05) is 0 Å². The Morgan fingerprint density at radius 1 is 1.30 bits per heavy atom. The second kappa shape index (κ2) is 5.48. The zero-order valence-corrected chi connectivity index (χ0v) is 13.2. The lowest BCUT2D eigenvalue weighted by molar-refractivity contribution is -0.0329. The number of aliphatic hydroxyl groups is 1. The number of hydrogen-bond donors (Lipinski definition) is 1. The fraction of sp³-hybridized carbons (Fsp3) is 0.667. The summed E-state index contributed by atoms with van der Waals surface area (Å²) < 4.78 is 13.4. The molecule has 0 spiro atoms. The predicted molar refractivity (Wildman–Crippen MR) is 81.1 cm³/mol. The van der Waals surface area contributed by atoms with Gasteiger partial charge in [0.2, 0.25) is 0 Å². The van der Waals surface area contributed by atoms with Crippen molar-refractivity contribution in [1.82, 2.24) is 0 Å². The highest BCUT2D eigenvalue weighted by Crippen LogP contribution is 2.46. The molecule has 1 aliphatic rings. The molecule has 0 bridgehead atoms. The summed E-state index contributed by atoms with van der Waals surface area (Å²) in [4.78, 5) is 0. The number of aryl methyl sites for hydroxylation is 1. The van der Waals surface area contributed by atoms with Gasteiger partial charge in [-0.3, -0.25) is 0 Å². The van der Waals surface area contributed by atoms with Crippen molar-refractivity contribution in [3.63, 3.8) is 0 Å². The molecular weight excluding hydrogens is 251 g/mol. The first-order valence-electron chi connectivity index (χ1n) is 7.77. The third-order valence-corrected chi connectivity index (χ3v) is 5.52. The molecule has 1 fully saturated rings. The van der Waals surface area contributed by atoms with E-state index in [1.54, 1.807) is 19.1 Å². The Morgan fingerprint density at radius 3 is 2.40 bits per heavy atom. The van der Waals surface area contributed by atoms with Crippen LogP contribution in [0.5, 0.6) is 0 Å². The molecule has 1 aromatic carbocycles. The lowest BCUT2D eigenvalue weighted by Gasteiger charge is -2.42. The smallest absolute Gasteiger partial charge is 0.126 e. The SMILES string of the molecule is CCC(C)(C)C1CCC(O)(c2ccc(F)c(C)c2)CC1. The van der Waals surface area contributed by atoms with Crippen LogP contribution in [0.3, 0.4) is 0 Å². The van der Waals surface area contributed by atoms with Crippen molar-refractivity contribution in [3.8, 4) is 0 Å². The monoisotopic (exact) mass is 278 g/mol. The van der Waals surface area contributed by atoms with Gasteiger partial charge in [0.25, 0.3) is 0 Å². The van der Waals surface area contributed by atoms with E-state index in [4.69, 9.17) is 0 Å². The van der Waals surface area contributed by atoms with Crippen LogP contribution in [0.1, 0.15) is 64.0 Å². The van der Waals surface area contributed by atoms with Crippen molar-refractivity contribution in [2.45, 2.75) is 65.4 Å². The Morgan fingerprint density at radius 2 is 1.90 bits per heavy atom. The van der Waals surface area contributed by atoms with E-state index in [9.17, 15) is 9.50 Å². The van der Waals surface area contributed by atoms with E-state index in [-0.39, 0.29) is 5.82 Å². The van der Waals surface area contributed by atoms with E-state index in [0.717, 1.165) is 31.2 Å². The van der Waals surface area contributed by atoms with Crippen LogP contribution in [0.15, 0.2) is 18.2 Å².